The lowest BCUT2D eigenvalue weighted by molar-refractivity contribution is -0.173. The number of Topliss-reactive ketones (excluding diaryl/α,β-unsaturated/α-hetero) is 1. The van der Waals surface area contributed by atoms with Crippen molar-refractivity contribution in [2.24, 2.45) is 0 Å². The molecule has 0 atom stereocenters. The number of halogens is 4. The van der Waals surface area contributed by atoms with E-state index >= 15 is 0 Å². The lowest BCUT2D eigenvalue weighted by atomic mass is 10.1. The van der Waals surface area contributed by atoms with Gasteiger partial charge in [-0.05, 0) is 30.3 Å². The Morgan fingerprint density at radius 3 is 2.19 bits per heavy atom. The zero-order valence-corrected chi connectivity index (χ0v) is 17.2. The summed E-state index contributed by atoms with van der Waals surface area (Å²) in [6, 6.07) is 9.05. The van der Waals surface area contributed by atoms with Crippen LogP contribution in [0.2, 0.25) is 0 Å². The molecule has 0 aliphatic carbocycles. The number of alkyl halides is 3. The fraction of sp³-hybridized carbons (Fsp3) is 0.263. The minimum absolute atomic E-state index is 0.0721. The molecule has 168 valence electrons. The SMILES string of the molecule is COc1ccc(N(Cc2ccc(C(=O)CNC(=O)C(F)(F)F)cc2F)S(C)(=O)=O)cc1. The van der Waals surface area contributed by atoms with Crippen LogP contribution in [-0.2, 0) is 21.4 Å². The first-order valence-electron chi connectivity index (χ1n) is 8.61. The van der Waals surface area contributed by atoms with E-state index in [9.17, 15) is 35.6 Å². The first-order chi connectivity index (χ1) is 14.3. The molecule has 0 saturated carbocycles. The Labute approximate surface area is 175 Å². The van der Waals surface area contributed by atoms with Gasteiger partial charge in [0.05, 0.1) is 32.1 Å². The molecule has 1 amide bonds. The Kier molecular flexibility index (Phi) is 7.26. The maximum absolute atomic E-state index is 14.5. The Balaban J connectivity index is 2.20. The number of sulfonamides is 1. The number of anilines is 1. The van der Waals surface area contributed by atoms with Gasteiger partial charge in [-0.1, -0.05) is 12.1 Å². The average molecular weight is 462 g/mol. The van der Waals surface area contributed by atoms with E-state index in [1.165, 1.54) is 36.7 Å². The minimum Gasteiger partial charge on any atom is -0.497 e. The molecule has 0 radical (unpaired) electrons. The number of hydrogen-bond acceptors (Lipinski definition) is 5. The summed E-state index contributed by atoms with van der Waals surface area (Å²) in [5.74, 6) is -3.68. The third-order valence-electron chi connectivity index (χ3n) is 4.12. The van der Waals surface area contributed by atoms with E-state index in [1.807, 2.05) is 0 Å². The Morgan fingerprint density at radius 1 is 1.10 bits per heavy atom. The summed E-state index contributed by atoms with van der Waals surface area (Å²) in [6.07, 6.45) is -4.21. The Morgan fingerprint density at radius 2 is 1.71 bits per heavy atom. The Hall–Kier alpha value is -3.15. The Bertz CT molecular complexity index is 1070. The van der Waals surface area contributed by atoms with Crippen molar-refractivity contribution in [3.63, 3.8) is 0 Å². The fourth-order valence-corrected chi connectivity index (χ4v) is 3.39. The van der Waals surface area contributed by atoms with Crippen LogP contribution in [0.15, 0.2) is 42.5 Å². The second-order valence-corrected chi connectivity index (χ2v) is 8.28. The molecule has 2 aromatic carbocycles. The van der Waals surface area contributed by atoms with Gasteiger partial charge in [-0.15, -0.1) is 0 Å². The molecule has 0 fully saturated rings. The summed E-state index contributed by atoms with van der Waals surface area (Å²) < 4.78 is 81.4. The number of nitrogens with zero attached hydrogens (tertiary/aromatic N) is 1. The van der Waals surface area contributed by atoms with E-state index in [2.05, 4.69) is 0 Å². The number of benzene rings is 2. The van der Waals surface area contributed by atoms with Gasteiger partial charge in [-0.2, -0.15) is 13.2 Å². The van der Waals surface area contributed by atoms with Crippen molar-refractivity contribution in [2.45, 2.75) is 12.7 Å². The van der Waals surface area contributed by atoms with Gasteiger partial charge in [-0.3, -0.25) is 13.9 Å². The molecule has 0 aromatic heterocycles. The normalized spacial score (nSPS) is 11.7. The van der Waals surface area contributed by atoms with E-state index in [0.717, 1.165) is 28.8 Å². The number of nitrogens with one attached hydrogen (secondary N) is 1. The molecule has 12 heteroatoms. The van der Waals surface area contributed by atoms with Crippen LogP contribution in [0.4, 0.5) is 23.2 Å². The molecule has 7 nitrogen and oxygen atoms in total. The lowest BCUT2D eigenvalue weighted by Gasteiger charge is -2.23. The second kappa shape index (κ2) is 9.33. The van der Waals surface area contributed by atoms with Crippen molar-refractivity contribution in [1.29, 1.82) is 0 Å². The molecule has 31 heavy (non-hydrogen) atoms. The first kappa shape index (κ1) is 24.1. The van der Waals surface area contributed by atoms with E-state index in [-0.39, 0.29) is 16.8 Å². The summed E-state index contributed by atoms with van der Waals surface area (Å²) in [5, 5.41) is 1.40. The topological polar surface area (TPSA) is 92.8 Å². The predicted octanol–water partition coefficient (Wildman–Crippen LogP) is 2.66. The molecular weight excluding hydrogens is 444 g/mol. The van der Waals surface area contributed by atoms with Crippen LogP contribution in [-0.4, -0.2) is 46.2 Å². The van der Waals surface area contributed by atoms with Crippen molar-refractivity contribution >= 4 is 27.4 Å². The molecule has 0 aliphatic heterocycles. The third-order valence-corrected chi connectivity index (χ3v) is 5.26. The zero-order chi connectivity index (χ0) is 23.4. The summed E-state index contributed by atoms with van der Waals surface area (Å²) in [6.45, 7) is -1.37. The van der Waals surface area contributed by atoms with Crippen LogP contribution in [0.1, 0.15) is 15.9 Å². The average Bonchev–Trinajstić information content (AvgIpc) is 2.69. The van der Waals surface area contributed by atoms with E-state index in [0.29, 0.717) is 5.75 Å². The molecular formula is C19H18F4N2O5S. The molecule has 0 aliphatic rings. The van der Waals surface area contributed by atoms with Gasteiger partial charge in [0.1, 0.15) is 11.6 Å². The summed E-state index contributed by atoms with van der Waals surface area (Å²) in [7, 11) is -2.37. The summed E-state index contributed by atoms with van der Waals surface area (Å²) >= 11 is 0. The number of methoxy groups -OCH3 is 1. The fourth-order valence-electron chi connectivity index (χ4n) is 2.52. The van der Waals surface area contributed by atoms with Crippen LogP contribution in [0.3, 0.4) is 0 Å². The monoisotopic (exact) mass is 462 g/mol. The lowest BCUT2D eigenvalue weighted by Crippen LogP contribution is -2.39. The third kappa shape index (κ3) is 6.41. The number of carbonyl (C=O) groups excluding carboxylic acids is 2. The largest absolute Gasteiger partial charge is 0.497 e. The van der Waals surface area contributed by atoms with Gasteiger partial charge >= 0.3 is 12.1 Å². The number of ether oxygens (including phenoxy) is 1. The van der Waals surface area contributed by atoms with Gasteiger partial charge in [0.2, 0.25) is 10.0 Å². The van der Waals surface area contributed by atoms with Gasteiger partial charge < -0.3 is 10.1 Å². The van der Waals surface area contributed by atoms with Crippen molar-refractivity contribution in [1.82, 2.24) is 5.32 Å². The number of amides is 1. The molecule has 1 N–H and O–H groups in total. The maximum Gasteiger partial charge on any atom is 0.471 e. The number of ketones is 1. The highest BCUT2D eigenvalue weighted by molar-refractivity contribution is 7.92. The number of rotatable bonds is 8. The summed E-state index contributed by atoms with van der Waals surface area (Å²) in [4.78, 5) is 22.7. The molecule has 0 spiro atoms. The smallest absolute Gasteiger partial charge is 0.471 e. The van der Waals surface area contributed by atoms with Gasteiger partial charge in [0, 0.05) is 11.1 Å². The van der Waals surface area contributed by atoms with E-state index < -0.39 is 46.8 Å². The van der Waals surface area contributed by atoms with Crippen LogP contribution in [0, 0.1) is 5.82 Å². The van der Waals surface area contributed by atoms with Gasteiger partial charge in [-0.25, -0.2) is 12.8 Å². The quantitative estimate of drug-likeness (QED) is 0.481. The highest BCUT2D eigenvalue weighted by atomic mass is 32.2. The number of hydrogen-bond donors (Lipinski definition) is 1. The highest BCUT2D eigenvalue weighted by Gasteiger charge is 2.38. The first-order valence-corrected chi connectivity index (χ1v) is 10.5. The highest BCUT2D eigenvalue weighted by Crippen LogP contribution is 2.24. The maximum atomic E-state index is 14.5. The van der Waals surface area contributed by atoms with Crippen molar-refractivity contribution in [3.8, 4) is 5.75 Å². The van der Waals surface area contributed by atoms with Crippen molar-refractivity contribution < 1.29 is 40.3 Å². The second-order valence-electron chi connectivity index (χ2n) is 6.38. The molecule has 0 saturated heterocycles. The standard InChI is InChI=1S/C19H18F4N2O5S/c1-30-15-7-5-14(6-8-15)25(31(2,28)29)11-13-4-3-12(9-16(13)20)17(26)10-24-18(27)19(21,22)23/h3-9H,10-11H2,1-2H3,(H,24,27). The van der Waals surface area contributed by atoms with Crippen LogP contribution < -0.4 is 14.4 Å². The molecule has 2 aromatic rings. The molecule has 0 heterocycles. The molecule has 0 unspecified atom stereocenters. The van der Waals surface area contributed by atoms with Gasteiger partial charge in [0.15, 0.2) is 5.78 Å². The predicted molar refractivity (Wildman–Crippen MR) is 104 cm³/mol. The van der Waals surface area contributed by atoms with E-state index in [4.69, 9.17) is 4.74 Å². The zero-order valence-electron chi connectivity index (χ0n) is 16.4. The van der Waals surface area contributed by atoms with Crippen LogP contribution in [0.25, 0.3) is 0 Å². The van der Waals surface area contributed by atoms with Crippen LogP contribution in [0.5, 0.6) is 5.75 Å². The minimum atomic E-state index is -5.15. The van der Waals surface area contributed by atoms with Crippen molar-refractivity contribution in [2.75, 3.05) is 24.2 Å². The number of carbonyl (C=O) groups is 2. The molecule has 2 rings (SSSR count). The van der Waals surface area contributed by atoms with E-state index in [1.54, 1.807) is 0 Å². The van der Waals surface area contributed by atoms with Crippen LogP contribution >= 0.6 is 0 Å². The molecule has 0 bridgehead atoms. The van der Waals surface area contributed by atoms with Crippen molar-refractivity contribution in [3.05, 3.63) is 59.4 Å². The summed E-state index contributed by atoms with van der Waals surface area (Å²) in [5.41, 5.74) is -0.103. The van der Waals surface area contributed by atoms with Gasteiger partial charge in [0.25, 0.3) is 0 Å².